The molecule has 2 fully saturated rings. The van der Waals surface area contributed by atoms with Crippen LogP contribution in [0.2, 0.25) is 5.02 Å². The molecular formula is C22H30ClN5O2. The van der Waals surface area contributed by atoms with Gasteiger partial charge in [0.05, 0.1) is 12.3 Å². The molecule has 2 aliphatic heterocycles. The SMILES string of the molecule is Clc1cnc(NC2=CC=C(OCCN3CCCC3)C=CC2)nc1NCC1CCCO1. The molecule has 2 N–H and O–H groups in total. The molecule has 1 aromatic heterocycles. The van der Waals surface area contributed by atoms with Crippen molar-refractivity contribution >= 4 is 23.4 Å². The zero-order valence-electron chi connectivity index (χ0n) is 17.3. The first-order chi connectivity index (χ1) is 14.8. The molecule has 0 aromatic carbocycles. The Morgan fingerprint density at radius 3 is 2.97 bits per heavy atom. The maximum absolute atomic E-state index is 6.25. The van der Waals surface area contributed by atoms with E-state index in [1.165, 1.54) is 25.9 Å². The molecule has 0 bridgehead atoms. The number of aromatic nitrogens is 2. The molecule has 4 rings (SSSR count). The molecule has 3 aliphatic rings. The first-order valence-electron chi connectivity index (χ1n) is 10.8. The molecule has 1 aromatic rings. The standard InChI is InChI=1S/C22H30ClN5O2/c23-20-16-25-22(27-21(20)24-15-19-7-4-13-29-19)26-17-5-3-6-18(9-8-17)30-14-12-28-10-1-2-11-28/h3,6,8-9,16,19H,1-2,4-5,7,10-15H2,(H2,24,25,26,27). The smallest absolute Gasteiger partial charge is 0.228 e. The average molecular weight is 432 g/mol. The van der Waals surface area contributed by atoms with Gasteiger partial charge in [0.1, 0.15) is 17.4 Å². The van der Waals surface area contributed by atoms with Crippen LogP contribution in [0.15, 0.2) is 42.0 Å². The van der Waals surface area contributed by atoms with Crippen LogP contribution in [-0.4, -0.2) is 60.4 Å². The lowest BCUT2D eigenvalue weighted by Gasteiger charge is -2.15. The van der Waals surface area contributed by atoms with Gasteiger partial charge in [0.25, 0.3) is 0 Å². The number of rotatable bonds is 9. The predicted molar refractivity (Wildman–Crippen MR) is 120 cm³/mol. The van der Waals surface area contributed by atoms with Crippen molar-refractivity contribution in [1.29, 1.82) is 0 Å². The second kappa shape index (κ2) is 10.8. The third kappa shape index (κ3) is 6.20. The van der Waals surface area contributed by atoms with Crippen LogP contribution in [0.4, 0.5) is 11.8 Å². The number of ether oxygens (including phenoxy) is 2. The summed E-state index contributed by atoms with van der Waals surface area (Å²) >= 11 is 6.25. The number of anilines is 2. The molecule has 7 nitrogen and oxygen atoms in total. The van der Waals surface area contributed by atoms with E-state index < -0.39 is 0 Å². The lowest BCUT2D eigenvalue weighted by atomic mass is 10.2. The van der Waals surface area contributed by atoms with E-state index in [9.17, 15) is 0 Å². The molecule has 8 heteroatoms. The van der Waals surface area contributed by atoms with Crippen molar-refractivity contribution < 1.29 is 9.47 Å². The van der Waals surface area contributed by atoms with Gasteiger partial charge in [0.15, 0.2) is 5.82 Å². The fraction of sp³-hybridized carbons (Fsp3) is 0.545. The highest BCUT2D eigenvalue weighted by Crippen LogP contribution is 2.22. The van der Waals surface area contributed by atoms with Crippen molar-refractivity contribution in [3.63, 3.8) is 0 Å². The molecule has 0 amide bonds. The molecule has 0 saturated carbocycles. The summed E-state index contributed by atoms with van der Waals surface area (Å²) in [4.78, 5) is 11.3. The number of likely N-dealkylation sites (tertiary alicyclic amines) is 1. The Morgan fingerprint density at radius 2 is 2.13 bits per heavy atom. The van der Waals surface area contributed by atoms with Crippen molar-refractivity contribution in [2.75, 3.05) is 50.0 Å². The summed E-state index contributed by atoms with van der Waals surface area (Å²) in [5.41, 5.74) is 0.997. The van der Waals surface area contributed by atoms with Crippen LogP contribution in [0.5, 0.6) is 0 Å². The number of hydrogen-bond donors (Lipinski definition) is 2. The number of halogens is 1. The number of hydrogen-bond acceptors (Lipinski definition) is 7. The molecule has 1 unspecified atom stereocenters. The van der Waals surface area contributed by atoms with Crippen LogP contribution in [0.25, 0.3) is 0 Å². The lowest BCUT2D eigenvalue weighted by Crippen LogP contribution is -2.23. The highest BCUT2D eigenvalue weighted by Gasteiger charge is 2.16. The summed E-state index contributed by atoms with van der Waals surface area (Å²) in [6, 6.07) is 0. The molecular weight excluding hydrogens is 402 g/mol. The van der Waals surface area contributed by atoms with Crippen LogP contribution < -0.4 is 10.6 Å². The van der Waals surface area contributed by atoms with E-state index in [0.717, 1.165) is 43.9 Å². The molecule has 1 aliphatic carbocycles. The van der Waals surface area contributed by atoms with Crippen molar-refractivity contribution in [2.45, 2.75) is 38.2 Å². The second-order valence-electron chi connectivity index (χ2n) is 7.80. The lowest BCUT2D eigenvalue weighted by molar-refractivity contribution is 0.120. The Bertz CT molecular complexity index is 799. The molecule has 2 saturated heterocycles. The van der Waals surface area contributed by atoms with Gasteiger partial charge in [0, 0.05) is 31.8 Å². The molecule has 162 valence electrons. The van der Waals surface area contributed by atoms with Crippen LogP contribution in [0.1, 0.15) is 32.1 Å². The van der Waals surface area contributed by atoms with Crippen LogP contribution in [-0.2, 0) is 9.47 Å². The Kier molecular flexibility index (Phi) is 7.61. The normalized spacial score (nSPS) is 21.8. The van der Waals surface area contributed by atoms with Gasteiger partial charge in [-0.15, -0.1) is 0 Å². The van der Waals surface area contributed by atoms with E-state index in [4.69, 9.17) is 21.1 Å². The Balaban J connectivity index is 1.30. The molecule has 0 spiro atoms. The summed E-state index contributed by atoms with van der Waals surface area (Å²) in [5.74, 6) is 2.01. The second-order valence-corrected chi connectivity index (χ2v) is 8.20. The monoisotopic (exact) mass is 431 g/mol. The van der Waals surface area contributed by atoms with Gasteiger partial charge in [-0.05, 0) is 57.0 Å². The summed E-state index contributed by atoms with van der Waals surface area (Å²) in [5, 5.41) is 7.07. The van der Waals surface area contributed by atoms with Crippen LogP contribution in [0.3, 0.4) is 0 Å². The van der Waals surface area contributed by atoms with Crippen molar-refractivity contribution in [2.24, 2.45) is 0 Å². The van der Waals surface area contributed by atoms with Gasteiger partial charge in [-0.2, -0.15) is 4.98 Å². The topological polar surface area (TPSA) is 71.5 Å². The molecule has 0 radical (unpaired) electrons. The van der Waals surface area contributed by atoms with E-state index in [-0.39, 0.29) is 6.10 Å². The van der Waals surface area contributed by atoms with E-state index >= 15 is 0 Å². The highest BCUT2D eigenvalue weighted by molar-refractivity contribution is 6.32. The molecule has 3 heterocycles. The zero-order valence-corrected chi connectivity index (χ0v) is 18.0. The van der Waals surface area contributed by atoms with Gasteiger partial charge >= 0.3 is 0 Å². The minimum absolute atomic E-state index is 0.219. The predicted octanol–water partition coefficient (Wildman–Crippen LogP) is 3.97. The summed E-state index contributed by atoms with van der Waals surface area (Å²) in [6.45, 7) is 5.61. The maximum atomic E-state index is 6.25. The van der Waals surface area contributed by atoms with E-state index in [0.29, 0.717) is 29.9 Å². The Labute approximate surface area is 183 Å². The highest BCUT2D eigenvalue weighted by atomic mass is 35.5. The van der Waals surface area contributed by atoms with Crippen LogP contribution in [0, 0.1) is 0 Å². The minimum atomic E-state index is 0.219. The fourth-order valence-electron chi connectivity index (χ4n) is 3.81. The van der Waals surface area contributed by atoms with E-state index in [1.807, 2.05) is 18.2 Å². The first kappa shape index (κ1) is 21.2. The van der Waals surface area contributed by atoms with Gasteiger partial charge in [-0.25, -0.2) is 4.98 Å². The van der Waals surface area contributed by atoms with Gasteiger partial charge in [-0.1, -0.05) is 17.7 Å². The summed E-state index contributed by atoms with van der Waals surface area (Å²) in [7, 11) is 0. The van der Waals surface area contributed by atoms with Crippen LogP contribution >= 0.6 is 11.6 Å². The van der Waals surface area contributed by atoms with Crippen molar-refractivity contribution in [3.8, 4) is 0 Å². The third-order valence-corrected chi connectivity index (χ3v) is 5.76. The van der Waals surface area contributed by atoms with Crippen molar-refractivity contribution in [1.82, 2.24) is 14.9 Å². The van der Waals surface area contributed by atoms with E-state index in [1.54, 1.807) is 6.20 Å². The summed E-state index contributed by atoms with van der Waals surface area (Å²) < 4.78 is 11.6. The fourth-order valence-corrected chi connectivity index (χ4v) is 3.96. The third-order valence-electron chi connectivity index (χ3n) is 5.48. The largest absolute Gasteiger partial charge is 0.492 e. The van der Waals surface area contributed by atoms with Gasteiger partial charge in [0.2, 0.25) is 5.95 Å². The number of nitrogens with zero attached hydrogens (tertiary/aromatic N) is 3. The number of nitrogens with one attached hydrogen (secondary N) is 2. The first-order valence-corrected chi connectivity index (χ1v) is 11.2. The molecule has 30 heavy (non-hydrogen) atoms. The zero-order chi connectivity index (χ0) is 20.6. The Hall–Kier alpha value is -2.09. The van der Waals surface area contributed by atoms with E-state index in [2.05, 4.69) is 31.6 Å². The average Bonchev–Trinajstić information content (AvgIpc) is 3.42. The van der Waals surface area contributed by atoms with Gasteiger partial charge in [-0.3, -0.25) is 4.90 Å². The minimum Gasteiger partial charge on any atom is -0.492 e. The van der Waals surface area contributed by atoms with Gasteiger partial charge < -0.3 is 20.1 Å². The quantitative estimate of drug-likeness (QED) is 0.612. The number of allylic oxidation sites excluding steroid dienone is 4. The van der Waals surface area contributed by atoms with Crippen molar-refractivity contribution in [3.05, 3.63) is 47.0 Å². The maximum Gasteiger partial charge on any atom is 0.228 e. The summed E-state index contributed by atoms with van der Waals surface area (Å²) in [6.07, 6.45) is 15.5. The Morgan fingerprint density at radius 1 is 1.23 bits per heavy atom. The molecule has 1 atom stereocenters.